The Morgan fingerprint density at radius 3 is 2.76 bits per heavy atom. The van der Waals surface area contributed by atoms with Crippen molar-refractivity contribution < 1.29 is 9.13 Å². The van der Waals surface area contributed by atoms with Crippen LogP contribution in [0, 0.1) is 5.92 Å². The smallest absolute Gasteiger partial charge is 0.236 e. The van der Waals surface area contributed by atoms with Gasteiger partial charge in [0.1, 0.15) is 12.5 Å². The minimum atomic E-state index is -0.393. The van der Waals surface area contributed by atoms with E-state index in [4.69, 9.17) is 9.72 Å². The summed E-state index contributed by atoms with van der Waals surface area (Å²) >= 11 is 0. The van der Waals surface area contributed by atoms with Crippen LogP contribution in [0.3, 0.4) is 0 Å². The van der Waals surface area contributed by atoms with Crippen molar-refractivity contribution in [2.24, 2.45) is 5.92 Å². The van der Waals surface area contributed by atoms with Gasteiger partial charge in [-0.3, -0.25) is 4.40 Å². The summed E-state index contributed by atoms with van der Waals surface area (Å²) in [5.74, 6) is 2.41. The van der Waals surface area contributed by atoms with Crippen LogP contribution in [-0.4, -0.2) is 47.3 Å². The molecule has 0 spiro atoms. The first-order valence-corrected chi connectivity index (χ1v) is 8.97. The highest BCUT2D eigenvalue weighted by Crippen LogP contribution is 2.25. The molecule has 3 aromatic rings. The van der Waals surface area contributed by atoms with Crippen molar-refractivity contribution in [3.05, 3.63) is 36.5 Å². The molecule has 1 aliphatic rings. The zero-order valence-corrected chi connectivity index (χ0v) is 14.3. The van der Waals surface area contributed by atoms with Crippen molar-refractivity contribution in [1.29, 1.82) is 0 Å². The molecule has 3 heterocycles. The summed E-state index contributed by atoms with van der Waals surface area (Å²) in [5, 5.41) is 0. The molecular weight excluding hydrogens is 319 g/mol. The number of hydrogen-bond donors (Lipinski definition) is 0. The molecule has 0 unspecified atom stereocenters. The van der Waals surface area contributed by atoms with Gasteiger partial charge in [-0.05, 0) is 43.4 Å². The van der Waals surface area contributed by atoms with E-state index in [1.807, 2.05) is 22.6 Å². The van der Waals surface area contributed by atoms with E-state index in [0.717, 1.165) is 55.0 Å². The standard InChI is InChI=1S/C19H23FN4O/c20-9-14-25-13-8-15-5-10-23(11-6-15)18-7-12-24-17-4-2-1-3-16(17)21-19(24)22-18/h1-4,7,12,15H,5-6,8-11,13-14H2. The van der Waals surface area contributed by atoms with E-state index in [-0.39, 0.29) is 6.61 Å². The molecule has 0 radical (unpaired) electrons. The maximum absolute atomic E-state index is 12.0. The second-order valence-electron chi connectivity index (χ2n) is 6.58. The molecule has 6 heteroatoms. The monoisotopic (exact) mass is 342 g/mol. The van der Waals surface area contributed by atoms with Gasteiger partial charge in [-0.2, -0.15) is 4.98 Å². The zero-order valence-electron chi connectivity index (χ0n) is 14.3. The Kier molecular flexibility index (Phi) is 4.78. The molecule has 0 amide bonds. The third kappa shape index (κ3) is 3.44. The Bertz CT molecular complexity index is 842. The van der Waals surface area contributed by atoms with Crippen LogP contribution in [0.4, 0.5) is 10.2 Å². The number of alkyl halides is 1. The number of fused-ring (bicyclic) bond motifs is 3. The minimum Gasteiger partial charge on any atom is -0.379 e. The van der Waals surface area contributed by atoms with Crippen LogP contribution in [0.2, 0.25) is 0 Å². The molecule has 0 saturated carbocycles. The van der Waals surface area contributed by atoms with Crippen LogP contribution in [0.15, 0.2) is 36.5 Å². The minimum absolute atomic E-state index is 0.224. The number of aromatic nitrogens is 3. The number of halogens is 1. The van der Waals surface area contributed by atoms with Gasteiger partial charge in [-0.25, -0.2) is 9.37 Å². The lowest BCUT2D eigenvalue weighted by molar-refractivity contribution is 0.103. The normalized spacial score (nSPS) is 16.1. The highest BCUT2D eigenvalue weighted by atomic mass is 19.1. The summed E-state index contributed by atoms with van der Waals surface area (Å²) in [7, 11) is 0. The number of ether oxygens (including phenoxy) is 1. The molecule has 5 nitrogen and oxygen atoms in total. The van der Waals surface area contributed by atoms with Gasteiger partial charge in [0.05, 0.1) is 17.6 Å². The van der Waals surface area contributed by atoms with Crippen LogP contribution in [0.1, 0.15) is 19.3 Å². The Morgan fingerprint density at radius 1 is 1.08 bits per heavy atom. The first kappa shape index (κ1) is 16.3. The average molecular weight is 342 g/mol. The highest BCUT2D eigenvalue weighted by molar-refractivity contribution is 5.79. The molecule has 1 saturated heterocycles. The summed E-state index contributed by atoms with van der Waals surface area (Å²) in [5.41, 5.74) is 2.06. The quantitative estimate of drug-likeness (QED) is 0.643. The fraction of sp³-hybridized carbons (Fsp3) is 0.474. The number of imidazole rings is 1. The van der Waals surface area contributed by atoms with Gasteiger partial charge < -0.3 is 9.64 Å². The Morgan fingerprint density at radius 2 is 1.92 bits per heavy atom. The van der Waals surface area contributed by atoms with Crippen molar-refractivity contribution in [1.82, 2.24) is 14.4 Å². The molecule has 0 aliphatic carbocycles. The number of anilines is 1. The fourth-order valence-electron chi connectivity index (χ4n) is 3.57. The van der Waals surface area contributed by atoms with Crippen molar-refractivity contribution >= 4 is 22.6 Å². The second kappa shape index (κ2) is 7.35. The van der Waals surface area contributed by atoms with Crippen LogP contribution >= 0.6 is 0 Å². The predicted molar refractivity (Wildman–Crippen MR) is 96.8 cm³/mol. The summed E-state index contributed by atoms with van der Waals surface area (Å²) in [6, 6.07) is 10.2. The molecule has 1 aliphatic heterocycles. The first-order chi connectivity index (χ1) is 12.3. The van der Waals surface area contributed by atoms with E-state index in [2.05, 4.69) is 28.2 Å². The van der Waals surface area contributed by atoms with Gasteiger partial charge in [0.25, 0.3) is 0 Å². The third-order valence-corrected chi connectivity index (χ3v) is 4.99. The molecule has 1 fully saturated rings. The largest absolute Gasteiger partial charge is 0.379 e. The molecule has 4 rings (SSSR count). The number of para-hydroxylation sites is 2. The Hall–Kier alpha value is -2.21. The van der Waals surface area contributed by atoms with Crippen molar-refractivity contribution in [3.63, 3.8) is 0 Å². The van der Waals surface area contributed by atoms with E-state index in [9.17, 15) is 4.39 Å². The number of rotatable bonds is 6. The van der Waals surface area contributed by atoms with E-state index in [1.54, 1.807) is 0 Å². The Labute approximate surface area is 146 Å². The zero-order chi connectivity index (χ0) is 17.1. The summed E-state index contributed by atoms with van der Waals surface area (Å²) < 4.78 is 19.3. The third-order valence-electron chi connectivity index (χ3n) is 4.99. The Balaban J connectivity index is 1.42. The van der Waals surface area contributed by atoms with E-state index in [1.165, 1.54) is 0 Å². The van der Waals surface area contributed by atoms with Crippen molar-refractivity contribution in [2.45, 2.75) is 19.3 Å². The summed E-state index contributed by atoms with van der Waals surface area (Å²) in [6.07, 6.45) is 5.33. The fourth-order valence-corrected chi connectivity index (χ4v) is 3.57. The van der Waals surface area contributed by atoms with Gasteiger partial charge in [0.15, 0.2) is 0 Å². The maximum atomic E-state index is 12.0. The molecule has 0 bridgehead atoms. The summed E-state index contributed by atoms with van der Waals surface area (Å²) in [4.78, 5) is 11.7. The van der Waals surface area contributed by atoms with Gasteiger partial charge >= 0.3 is 0 Å². The van der Waals surface area contributed by atoms with Gasteiger partial charge in [-0.1, -0.05) is 12.1 Å². The topological polar surface area (TPSA) is 42.7 Å². The van der Waals surface area contributed by atoms with Crippen LogP contribution in [-0.2, 0) is 4.74 Å². The van der Waals surface area contributed by atoms with Gasteiger partial charge in [0, 0.05) is 25.9 Å². The van der Waals surface area contributed by atoms with Crippen LogP contribution in [0.25, 0.3) is 16.8 Å². The average Bonchev–Trinajstić information content (AvgIpc) is 3.03. The highest BCUT2D eigenvalue weighted by Gasteiger charge is 2.20. The number of benzene rings is 1. The SMILES string of the molecule is FCCOCCC1CCN(c2ccn3c(n2)nc2ccccc23)CC1. The van der Waals surface area contributed by atoms with E-state index >= 15 is 0 Å². The van der Waals surface area contributed by atoms with E-state index in [0.29, 0.717) is 12.5 Å². The molecule has 0 N–H and O–H groups in total. The van der Waals surface area contributed by atoms with Gasteiger partial charge in [-0.15, -0.1) is 0 Å². The predicted octanol–water partition coefficient (Wildman–Crippen LogP) is 3.48. The molecule has 132 valence electrons. The van der Waals surface area contributed by atoms with E-state index < -0.39 is 6.67 Å². The van der Waals surface area contributed by atoms with Crippen LogP contribution in [0.5, 0.6) is 0 Å². The molecule has 25 heavy (non-hydrogen) atoms. The van der Waals surface area contributed by atoms with Gasteiger partial charge in [0.2, 0.25) is 5.78 Å². The molecular formula is C19H23FN4O. The maximum Gasteiger partial charge on any atom is 0.236 e. The second-order valence-corrected chi connectivity index (χ2v) is 6.58. The molecule has 0 atom stereocenters. The molecule has 2 aromatic heterocycles. The number of piperidine rings is 1. The number of nitrogens with zero attached hydrogens (tertiary/aromatic N) is 4. The van der Waals surface area contributed by atoms with Crippen LogP contribution < -0.4 is 4.90 Å². The lowest BCUT2D eigenvalue weighted by atomic mass is 9.94. The first-order valence-electron chi connectivity index (χ1n) is 8.97. The lowest BCUT2D eigenvalue weighted by Gasteiger charge is -2.32. The number of hydrogen-bond acceptors (Lipinski definition) is 4. The lowest BCUT2D eigenvalue weighted by Crippen LogP contribution is -2.34. The summed E-state index contributed by atoms with van der Waals surface area (Å²) in [6.45, 7) is 2.49. The molecule has 1 aromatic carbocycles. The van der Waals surface area contributed by atoms with Crippen molar-refractivity contribution in [2.75, 3.05) is 37.9 Å². The van der Waals surface area contributed by atoms with Crippen molar-refractivity contribution in [3.8, 4) is 0 Å².